The highest BCUT2D eigenvalue weighted by molar-refractivity contribution is 6.05. The number of hydrogen-bond donors (Lipinski definition) is 0. The highest BCUT2D eigenvalue weighted by atomic mass is 14.9. The van der Waals surface area contributed by atoms with Crippen LogP contribution in [0, 0.1) is 0 Å². The molecule has 3 heterocycles. The van der Waals surface area contributed by atoms with Gasteiger partial charge in [0.15, 0.2) is 5.82 Å². The van der Waals surface area contributed by atoms with E-state index in [1.54, 1.807) is 24.8 Å². The monoisotopic (exact) mass is 702 g/mol. The highest BCUT2D eigenvalue weighted by Crippen LogP contribution is 2.67. The zero-order chi connectivity index (χ0) is 36.3. The van der Waals surface area contributed by atoms with Crippen molar-refractivity contribution in [3.8, 4) is 45.0 Å². The number of benzene rings is 6. The fraction of sp³-hybridized carbons (Fsp3) is 0.0588. The summed E-state index contributed by atoms with van der Waals surface area (Å²) in [5, 5.41) is 4.97. The van der Waals surface area contributed by atoms with E-state index < -0.39 is 0 Å². The van der Waals surface area contributed by atoms with E-state index in [1.807, 2.05) is 24.3 Å². The van der Waals surface area contributed by atoms with Crippen molar-refractivity contribution in [3.63, 3.8) is 0 Å². The molecule has 0 amide bonds. The van der Waals surface area contributed by atoms with Gasteiger partial charge in [0.2, 0.25) is 0 Å². The van der Waals surface area contributed by atoms with Crippen LogP contribution >= 0.6 is 0 Å². The molecule has 0 spiro atoms. The molecule has 55 heavy (non-hydrogen) atoms. The molecule has 11 rings (SSSR count). The predicted octanol–water partition coefficient (Wildman–Crippen LogP) is 12.1. The summed E-state index contributed by atoms with van der Waals surface area (Å²) >= 11 is 0. The van der Waals surface area contributed by atoms with Gasteiger partial charge in [-0.1, -0.05) is 133 Å². The molecule has 2 unspecified atom stereocenters. The fourth-order valence-electron chi connectivity index (χ4n) is 8.90. The first kappa shape index (κ1) is 31.5. The lowest BCUT2D eigenvalue weighted by Gasteiger charge is -2.26. The van der Waals surface area contributed by atoms with Gasteiger partial charge in [0.25, 0.3) is 0 Å². The number of fused-ring (bicyclic) bond motifs is 6. The van der Waals surface area contributed by atoms with E-state index in [4.69, 9.17) is 9.97 Å². The van der Waals surface area contributed by atoms with Crippen LogP contribution in [-0.4, -0.2) is 19.9 Å². The Kier molecular flexibility index (Phi) is 7.17. The first-order chi connectivity index (χ1) is 27.2. The maximum atomic E-state index is 5.13. The summed E-state index contributed by atoms with van der Waals surface area (Å²) in [5.41, 5.74) is 14.0. The summed E-state index contributed by atoms with van der Waals surface area (Å²) in [6, 6.07) is 56.9. The van der Waals surface area contributed by atoms with Crippen molar-refractivity contribution in [3.05, 3.63) is 211 Å². The largest absolute Gasteiger partial charge is 0.265 e. The quantitative estimate of drug-likeness (QED) is 0.173. The summed E-state index contributed by atoms with van der Waals surface area (Å²) in [6.45, 7) is 0. The third kappa shape index (κ3) is 5.21. The third-order valence-electron chi connectivity index (χ3n) is 11.7. The van der Waals surface area contributed by atoms with Crippen molar-refractivity contribution >= 4 is 27.1 Å². The molecule has 2 aliphatic rings. The maximum Gasteiger partial charge on any atom is 0.160 e. The van der Waals surface area contributed by atoms with Crippen LogP contribution in [0.2, 0.25) is 0 Å². The lowest BCUT2D eigenvalue weighted by Crippen LogP contribution is -2.13. The van der Waals surface area contributed by atoms with Gasteiger partial charge in [0, 0.05) is 46.9 Å². The topological polar surface area (TPSA) is 51.6 Å². The predicted molar refractivity (Wildman–Crippen MR) is 223 cm³/mol. The van der Waals surface area contributed by atoms with Crippen molar-refractivity contribution in [1.82, 2.24) is 19.9 Å². The second-order valence-electron chi connectivity index (χ2n) is 14.7. The van der Waals surface area contributed by atoms with E-state index in [-0.39, 0.29) is 5.41 Å². The Bertz CT molecular complexity index is 2880. The highest BCUT2D eigenvalue weighted by Gasteiger charge is 2.57. The number of pyridine rings is 2. The second kappa shape index (κ2) is 12.5. The Balaban J connectivity index is 1.00. The minimum Gasteiger partial charge on any atom is -0.265 e. The smallest absolute Gasteiger partial charge is 0.160 e. The number of allylic oxidation sites excluding steroid dienone is 1. The molecular formula is C51H34N4. The minimum atomic E-state index is -0.0167. The van der Waals surface area contributed by atoms with Gasteiger partial charge in [-0.3, -0.25) is 9.97 Å². The van der Waals surface area contributed by atoms with Gasteiger partial charge in [-0.2, -0.15) is 0 Å². The van der Waals surface area contributed by atoms with Crippen LogP contribution in [-0.2, 0) is 5.41 Å². The Morgan fingerprint density at radius 2 is 1.11 bits per heavy atom. The molecule has 258 valence electrons. The summed E-state index contributed by atoms with van der Waals surface area (Å²) < 4.78 is 0. The van der Waals surface area contributed by atoms with Crippen LogP contribution < -0.4 is 0 Å². The van der Waals surface area contributed by atoms with Gasteiger partial charge in [-0.15, -0.1) is 0 Å². The van der Waals surface area contributed by atoms with Gasteiger partial charge in [-0.25, -0.2) is 9.97 Å². The molecule has 0 radical (unpaired) electrons. The molecule has 2 aliphatic carbocycles. The van der Waals surface area contributed by atoms with Crippen molar-refractivity contribution < 1.29 is 0 Å². The van der Waals surface area contributed by atoms with Crippen LogP contribution in [0.25, 0.3) is 72.1 Å². The van der Waals surface area contributed by atoms with Gasteiger partial charge in [0.1, 0.15) is 0 Å². The lowest BCUT2D eigenvalue weighted by atomic mass is 9.77. The molecule has 3 aromatic heterocycles. The Hall–Kier alpha value is -7.04. The molecule has 4 heteroatoms. The van der Waals surface area contributed by atoms with E-state index in [9.17, 15) is 0 Å². The second-order valence-corrected chi connectivity index (χ2v) is 14.7. The lowest BCUT2D eigenvalue weighted by molar-refractivity contribution is 0.830. The normalized spacial score (nSPS) is 17.0. The molecule has 0 aliphatic heterocycles. The molecule has 0 saturated heterocycles. The molecule has 2 atom stereocenters. The van der Waals surface area contributed by atoms with Crippen LogP contribution in [0.4, 0.5) is 0 Å². The van der Waals surface area contributed by atoms with Crippen molar-refractivity contribution in [2.75, 3.05) is 0 Å². The Morgan fingerprint density at radius 3 is 1.87 bits per heavy atom. The minimum absolute atomic E-state index is 0.0167. The standard InChI is InChI=1S/C51H34N4/c1-2-8-33(9-3-1)45-31-51(32-46(51)44-19-16-34-10-4-5-11-40(34)49(44)45)38-17-14-35(15-18-38)39-20-21-43(42-13-7-6-12-41(39)42)48-30-47(36-22-26-52-27-23-36)54-50(55-48)37-24-28-53-29-25-37/h1-31,46H,32H2. The summed E-state index contributed by atoms with van der Waals surface area (Å²) in [7, 11) is 0. The van der Waals surface area contributed by atoms with E-state index in [2.05, 4.69) is 150 Å². The molecule has 6 aromatic carbocycles. The molecular weight excluding hydrogens is 669 g/mol. The first-order valence-corrected chi connectivity index (χ1v) is 18.9. The molecule has 0 N–H and O–H groups in total. The molecule has 1 fully saturated rings. The van der Waals surface area contributed by atoms with E-state index >= 15 is 0 Å². The average molecular weight is 703 g/mol. The number of nitrogens with zero attached hydrogens (tertiary/aromatic N) is 4. The van der Waals surface area contributed by atoms with Crippen molar-refractivity contribution in [2.24, 2.45) is 0 Å². The van der Waals surface area contributed by atoms with Crippen molar-refractivity contribution in [1.29, 1.82) is 0 Å². The molecule has 4 nitrogen and oxygen atoms in total. The number of rotatable bonds is 6. The Morgan fingerprint density at radius 1 is 0.473 bits per heavy atom. The Labute approximate surface area is 319 Å². The summed E-state index contributed by atoms with van der Waals surface area (Å²) in [6.07, 6.45) is 10.9. The van der Waals surface area contributed by atoms with Crippen LogP contribution in [0.1, 0.15) is 34.6 Å². The molecule has 9 aromatic rings. The maximum absolute atomic E-state index is 5.13. The van der Waals surface area contributed by atoms with Gasteiger partial charge < -0.3 is 0 Å². The van der Waals surface area contributed by atoms with Gasteiger partial charge in [0.05, 0.1) is 11.4 Å². The summed E-state index contributed by atoms with van der Waals surface area (Å²) in [5.74, 6) is 1.13. The number of hydrogen-bond acceptors (Lipinski definition) is 4. The van der Waals surface area contributed by atoms with Crippen LogP contribution in [0.15, 0.2) is 189 Å². The van der Waals surface area contributed by atoms with Gasteiger partial charge >= 0.3 is 0 Å². The first-order valence-electron chi connectivity index (χ1n) is 18.9. The number of aromatic nitrogens is 4. The average Bonchev–Trinajstić information content (AvgIpc) is 4.03. The third-order valence-corrected chi connectivity index (χ3v) is 11.7. The van der Waals surface area contributed by atoms with E-state index in [0.29, 0.717) is 11.7 Å². The summed E-state index contributed by atoms with van der Waals surface area (Å²) in [4.78, 5) is 18.6. The van der Waals surface area contributed by atoms with E-state index in [1.165, 1.54) is 55.1 Å². The van der Waals surface area contributed by atoms with Crippen LogP contribution in [0.5, 0.6) is 0 Å². The van der Waals surface area contributed by atoms with Crippen molar-refractivity contribution in [2.45, 2.75) is 17.8 Å². The fourth-order valence-corrected chi connectivity index (χ4v) is 8.90. The zero-order valence-electron chi connectivity index (χ0n) is 30.0. The zero-order valence-corrected chi connectivity index (χ0v) is 30.0. The SMILES string of the molecule is C1=C(c2ccccc2)c2c(ccc3ccccc23)C2CC12c1ccc(-c2ccc(-c3cc(-c4ccncc4)nc(-c4ccncc4)n3)c3ccccc23)cc1. The van der Waals surface area contributed by atoms with Gasteiger partial charge in [-0.05, 0) is 103 Å². The molecule has 0 bridgehead atoms. The van der Waals surface area contributed by atoms with E-state index in [0.717, 1.165) is 39.9 Å². The molecule has 1 saturated carbocycles. The van der Waals surface area contributed by atoms with Crippen LogP contribution in [0.3, 0.4) is 0 Å².